The smallest absolute Gasteiger partial charge is 0.129 e. The van der Waals surface area contributed by atoms with Gasteiger partial charge < -0.3 is 10.4 Å². The normalized spacial score (nSPS) is 23.6. The van der Waals surface area contributed by atoms with Crippen molar-refractivity contribution in [3.8, 4) is 5.75 Å². The molecule has 1 saturated heterocycles. The fourth-order valence-corrected chi connectivity index (χ4v) is 1.90. The van der Waals surface area contributed by atoms with Crippen LogP contribution in [0.4, 0.5) is 4.39 Å². The third-order valence-corrected chi connectivity index (χ3v) is 2.70. The predicted octanol–water partition coefficient (Wildman–Crippen LogP) is 2.01. The van der Waals surface area contributed by atoms with Crippen LogP contribution in [0.3, 0.4) is 0 Å². The van der Waals surface area contributed by atoms with Crippen molar-refractivity contribution in [1.29, 1.82) is 0 Å². The lowest BCUT2D eigenvalue weighted by molar-refractivity contribution is 0.245. The number of hydrogen-bond acceptors (Lipinski definition) is 2. The topological polar surface area (TPSA) is 32.3 Å². The van der Waals surface area contributed by atoms with Crippen LogP contribution in [-0.4, -0.2) is 18.2 Å². The molecule has 0 spiro atoms. The lowest BCUT2D eigenvalue weighted by atomic mass is 9.96. The number of hydrogen-bond donors (Lipinski definition) is 2. The molecule has 0 aliphatic carbocycles. The summed E-state index contributed by atoms with van der Waals surface area (Å²) in [6.07, 6.45) is -0.0892. The molecular formula is C11H14FNO. The molecule has 0 bridgehead atoms. The lowest BCUT2D eigenvalue weighted by Gasteiger charge is -2.14. The summed E-state index contributed by atoms with van der Waals surface area (Å²) in [5, 5.41) is 12.4. The van der Waals surface area contributed by atoms with Gasteiger partial charge in [0.15, 0.2) is 0 Å². The molecule has 2 unspecified atom stereocenters. The molecule has 3 heteroatoms. The Labute approximate surface area is 82.8 Å². The number of phenolic OH excluding ortho intramolecular Hbond substituents is 1. The van der Waals surface area contributed by atoms with Crippen LogP contribution >= 0.6 is 0 Å². The van der Waals surface area contributed by atoms with Crippen LogP contribution in [0.1, 0.15) is 18.2 Å². The van der Waals surface area contributed by atoms with E-state index < -0.39 is 6.17 Å². The molecule has 1 aromatic rings. The van der Waals surface area contributed by atoms with Gasteiger partial charge in [-0.2, -0.15) is 0 Å². The zero-order valence-corrected chi connectivity index (χ0v) is 7.91. The largest absolute Gasteiger partial charge is 0.508 e. The van der Waals surface area contributed by atoms with Crippen LogP contribution in [-0.2, 0) is 0 Å². The van der Waals surface area contributed by atoms with E-state index >= 15 is 0 Å². The maximum atomic E-state index is 13.9. The van der Waals surface area contributed by atoms with Crippen molar-refractivity contribution in [2.24, 2.45) is 5.92 Å². The van der Waals surface area contributed by atoms with Crippen molar-refractivity contribution in [3.05, 3.63) is 29.8 Å². The zero-order chi connectivity index (χ0) is 9.97. The molecule has 0 saturated carbocycles. The Morgan fingerprint density at radius 2 is 2.36 bits per heavy atom. The number of halogens is 1. The van der Waals surface area contributed by atoms with Gasteiger partial charge in [-0.25, -0.2) is 4.39 Å². The second-order valence-corrected chi connectivity index (χ2v) is 3.75. The van der Waals surface area contributed by atoms with E-state index in [4.69, 9.17) is 0 Å². The van der Waals surface area contributed by atoms with Crippen molar-refractivity contribution in [3.63, 3.8) is 0 Å². The molecule has 2 atom stereocenters. The summed E-state index contributed by atoms with van der Waals surface area (Å²) in [6.45, 7) is 1.63. The van der Waals surface area contributed by atoms with Gasteiger partial charge in [-0.1, -0.05) is 12.1 Å². The first-order valence-corrected chi connectivity index (χ1v) is 4.91. The van der Waals surface area contributed by atoms with Crippen molar-refractivity contribution >= 4 is 0 Å². The molecule has 1 heterocycles. The van der Waals surface area contributed by atoms with Gasteiger partial charge >= 0.3 is 0 Å². The monoisotopic (exact) mass is 195 g/mol. The maximum Gasteiger partial charge on any atom is 0.129 e. The highest BCUT2D eigenvalue weighted by Gasteiger charge is 2.25. The second-order valence-electron chi connectivity index (χ2n) is 3.75. The molecule has 0 amide bonds. The average Bonchev–Trinajstić information content (AvgIpc) is 2.69. The van der Waals surface area contributed by atoms with E-state index in [0.29, 0.717) is 5.56 Å². The van der Waals surface area contributed by atoms with E-state index in [-0.39, 0.29) is 11.7 Å². The van der Waals surface area contributed by atoms with Gasteiger partial charge in [0, 0.05) is 12.5 Å². The quantitative estimate of drug-likeness (QED) is 0.756. The van der Waals surface area contributed by atoms with Gasteiger partial charge in [0.05, 0.1) is 0 Å². The summed E-state index contributed by atoms with van der Waals surface area (Å²) >= 11 is 0. The Bertz CT molecular complexity index is 310. The zero-order valence-electron chi connectivity index (χ0n) is 7.91. The summed E-state index contributed by atoms with van der Waals surface area (Å²) in [6, 6.07) is 6.47. The molecule has 2 N–H and O–H groups in total. The Kier molecular flexibility index (Phi) is 2.68. The number of alkyl halides is 1. The number of phenols is 1. The Morgan fingerprint density at radius 1 is 1.50 bits per heavy atom. The van der Waals surface area contributed by atoms with Crippen LogP contribution in [0.5, 0.6) is 5.75 Å². The van der Waals surface area contributed by atoms with E-state index in [2.05, 4.69) is 5.32 Å². The maximum absolute atomic E-state index is 13.9. The van der Waals surface area contributed by atoms with Crippen LogP contribution in [0.15, 0.2) is 24.3 Å². The van der Waals surface area contributed by atoms with Gasteiger partial charge in [-0.3, -0.25) is 0 Å². The summed E-state index contributed by atoms with van der Waals surface area (Å²) in [5.41, 5.74) is 0.582. The Morgan fingerprint density at radius 3 is 3.00 bits per heavy atom. The van der Waals surface area contributed by atoms with E-state index in [1.54, 1.807) is 18.2 Å². The first-order valence-electron chi connectivity index (χ1n) is 4.91. The Hall–Kier alpha value is -1.09. The Balaban J connectivity index is 2.13. The minimum atomic E-state index is -0.961. The van der Waals surface area contributed by atoms with E-state index in [9.17, 15) is 9.50 Å². The highest BCUT2D eigenvalue weighted by Crippen LogP contribution is 2.31. The van der Waals surface area contributed by atoms with E-state index in [0.717, 1.165) is 19.5 Å². The standard InChI is InChI=1S/C11H14FNO/c12-11(9-4-5-13-7-9)8-2-1-3-10(14)6-8/h1-3,6,9,11,13-14H,4-5,7H2. The number of rotatable bonds is 2. The molecule has 76 valence electrons. The number of nitrogens with one attached hydrogen (secondary N) is 1. The molecule has 1 aliphatic heterocycles. The van der Waals surface area contributed by atoms with Gasteiger partial charge in [-0.15, -0.1) is 0 Å². The summed E-state index contributed by atoms with van der Waals surface area (Å²) < 4.78 is 13.9. The SMILES string of the molecule is Oc1cccc(C(F)C2CCNC2)c1. The summed E-state index contributed by atoms with van der Waals surface area (Å²) in [5.74, 6) is 0.188. The summed E-state index contributed by atoms with van der Waals surface area (Å²) in [7, 11) is 0. The van der Waals surface area contributed by atoms with Gasteiger partial charge in [0.1, 0.15) is 11.9 Å². The molecule has 1 fully saturated rings. The highest BCUT2D eigenvalue weighted by molar-refractivity contribution is 5.29. The first-order chi connectivity index (χ1) is 6.77. The third kappa shape index (κ3) is 1.87. The molecule has 14 heavy (non-hydrogen) atoms. The first kappa shape index (κ1) is 9.46. The second kappa shape index (κ2) is 3.96. The van der Waals surface area contributed by atoms with Crippen LogP contribution in [0.2, 0.25) is 0 Å². The molecule has 0 radical (unpaired) electrons. The van der Waals surface area contributed by atoms with Crippen molar-refractivity contribution in [2.75, 3.05) is 13.1 Å². The fourth-order valence-electron chi connectivity index (χ4n) is 1.90. The van der Waals surface area contributed by atoms with Gasteiger partial charge in [-0.05, 0) is 30.7 Å². The van der Waals surface area contributed by atoms with Gasteiger partial charge in [0.25, 0.3) is 0 Å². The van der Waals surface area contributed by atoms with E-state index in [1.807, 2.05) is 0 Å². The summed E-state index contributed by atoms with van der Waals surface area (Å²) in [4.78, 5) is 0. The van der Waals surface area contributed by atoms with Crippen molar-refractivity contribution in [2.45, 2.75) is 12.6 Å². The predicted molar refractivity (Wildman–Crippen MR) is 52.9 cm³/mol. The average molecular weight is 195 g/mol. The molecule has 1 aliphatic rings. The van der Waals surface area contributed by atoms with Crippen molar-refractivity contribution in [1.82, 2.24) is 5.32 Å². The lowest BCUT2D eigenvalue weighted by Crippen LogP contribution is -2.13. The van der Waals surface area contributed by atoms with Crippen LogP contribution in [0, 0.1) is 5.92 Å². The minimum absolute atomic E-state index is 0.0526. The minimum Gasteiger partial charge on any atom is -0.508 e. The number of aromatic hydroxyl groups is 1. The molecule has 2 nitrogen and oxygen atoms in total. The van der Waals surface area contributed by atoms with Crippen LogP contribution < -0.4 is 5.32 Å². The molecule has 2 rings (SSSR count). The molecule has 0 aromatic heterocycles. The van der Waals surface area contributed by atoms with Crippen molar-refractivity contribution < 1.29 is 9.50 Å². The number of benzene rings is 1. The molecular weight excluding hydrogens is 181 g/mol. The van der Waals surface area contributed by atoms with Gasteiger partial charge in [0.2, 0.25) is 0 Å². The molecule has 1 aromatic carbocycles. The fraction of sp³-hybridized carbons (Fsp3) is 0.455. The third-order valence-electron chi connectivity index (χ3n) is 2.70. The van der Waals surface area contributed by atoms with Crippen LogP contribution in [0.25, 0.3) is 0 Å². The highest BCUT2D eigenvalue weighted by atomic mass is 19.1. The van der Waals surface area contributed by atoms with E-state index in [1.165, 1.54) is 6.07 Å².